The van der Waals surface area contributed by atoms with Gasteiger partial charge in [0.05, 0.1) is 12.6 Å². The highest BCUT2D eigenvalue weighted by Gasteiger charge is 2.15. The van der Waals surface area contributed by atoms with Gasteiger partial charge in [-0.05, 0) is 48.9 Å². The number of nitrogens with one attached hydrogen (secondary N) is 1. The van der Waals surface area contributed by atoms with Crippen LogP contribution in [0, 0.1) is 0 Å². The summed E-state index contributed by atoms with van der Waals surface area (Å²) in [6.45, 7) is 1.94. The van der Waals surface area contributed by atoms with Gasteiger partial charge in [0, 0.05) is 5.56 Å². The van der Waals surface area contributed by atoms with Crippen molar-refractivity contribution in [2.45, 2.75) is 38.6 Å². The number of rotatable bonds is 4. The number of aliphatic hydroxyl groups is 1. The first-order chi connectivity index (χ1) is 8.24. The zero-order valence-electron chi connectivity index (χ0n) is 10.2. The third-order valence-electron chi connectivity index (χ3n) is 3.41. The van der Waals surface area contributed by atoms with Crippen LogP contribution in [0.3, 0.4) is 0 Å². The molecule has 0 fully saturated rings. The van der Waals surface area contributed by atoms with E-state index in [-0.39, 0.29) is 18.6 Å². The van der Waals surface area contributed by atoms with E-state index in [1.165, 1.54) is 17.5 Å². The van der Waals surface area contributed by atoms with E-state index in [4.69, 9.17) is 5.11 Å². The van der Waals surface area contributed by atoms with Gasteiger partial charge in [0.15, 0.2) is 0 Å². The number of amides is 1. The van der Waals surface area contributed by atoms with Gasteiger partial charge in [-0.1, -0.05) is 13.0 Å². The van der Waals surface area contributed by atoms with Crippen molar-refractivity contribution in [3.05, 3.63) is 34.9 Å². The zero-order chi connectivity index (χ0) is 12.3. The smallest absolute Gasteiger partial charge is 0.251 e. The van der Waals surface area contributed by atoms with Crippen LogP contribution in [-0.4, -0.2) is 23.7 Å². The summed E-state index contributed by atoms with van der Waals surface area (Å²) in [6.07, 6.45) is 4.14. The minimum Gasteiger partial charge on any atom is -0.394 e. The Morgan fingerprint density at radius 3 is 2.88 bits per heavy atom. The predicted molar refractivity (Wildman–Crippen MR) is 67.1 cm³/mol. The highest BCUT2D eigenvalue weighted by molar-refractivity contribution is 5.94. The van der Waals surface area contributed by atoms with Crippen LogP contribution in [0.2, 0.25) is 0 Å². The van der Waals surface area contributed by atoms with Crippen molar-refractivity contribution in [1.82, 2.24) is 5.32 Å². The number of aryl methyl sites for hydroxylation is 2. The summed E-state index contributed by atoms with van der Waals surface area (Å²) in [6, 6.07) is 5.78. The molecule has 1 aromatic rings. The van der Waals surface area contributed by atoms with E-state index >= 15 is 0 Å². The maximum atomic E-state index is 12.0. The van der Waals surface area contributed by atoms with E-state index in [2.05, 4.69) is 11.4 Å². The summed E-state index contributed by atoms with van der Waals surface area (Å²) >= 11 is 0. The van der Waals surface area contributed by atoms with Crippen LogP contribution >= 0.6 is 0 Å². The molecule has 0 spiro atoms. The fourth-order valence-electron chi connectivity index (χ4n) is 2.26. The molecule has 92 valence electrons. The highest BCUT2D eigenvalue weighted by atomic mass is 16.3. The SMILES string of the molecule is CC[C@@H](CO)NC(=O)c1ccc2c(c1)CCC2. The second-order valence-electron chi connectivity index (χ2n) is 4.60. The van der Waals surface area contributed by atoms with Crippen LogP contribution in [0.1, 0.15) is 41.3 Å². The van der Waals surface area contributed by atoms with Crippen LogP contribution < -0.4 is 5.32 Å². The van der Waals surface area contributed by atoms with Gasteiger partial charge in [-0.15, -0.1) is 0 Å². The van der Waals surface area contributed by atoms with Crippen molar-refractivity contribution >= 4 is 5.91 Å². The van der Waals surface area contributed by atoms with Crippen molar-refractivity contribution in [2.75, 3.05) is 6.61 Å². The van der Waals surface area contributed by atoms with Gasteiger partial charge in [-0.3, -0.25) is 4.79 Å². The molecule has 1 aromatic carbocycles. The molecule has 17 heavy (non-hydrogen) atoms. The number of aliphatic hydroxyl groups excluding tert-OH is 1. The normalized spacial score (nSPS) is 15.4. The minimum atomic E-state index is -0.143. The molecule has 2 rings (SSSR count). The Bertz CT molecular complexity index is 411. The van der Waals surface area contributed by atoms with Gasteiger partial charge >= 0.3 is 0 Å². The van der Waals surface area contributed by atoms with Crippen molar-refractivity contribution < 1.29 is 9.90 Å². The Balaban J connectivity index is 2.09. The molecule has 2 N–H and O–H groups in total. The average molecular weight is 233 g/mol. The van der Waals surface area contributed by atoms with Crippen LogP contribution in [0.5, 0.6) is 0 Å². The fourth-order valence-corrected chi connectivity index (χ4v) is 2.26. The summed E-state index contributed by atoms with van der Waals surface area (Å²) in [7, 11) is 0. The molecule has 1 amide bonds. The third-order valence-corrected chi connectivity index (χ3v) is 3.41. The maximum Gasteiger partial charge on any atom is 0.251 e. The van der Waals surface area contributed by atoms with Crippen LogP contribution in [-0.2, 0) is 12.8 Å². The number of benzene rings is 1. The van der Waals surface area contributed by atoms with Gasteiger partial charge in [0.2, 0.25) is 0 Å². The second-order valence-corrected chi connectivity index (χ2v) is 4.60. The molecule has 1 atom stereocenters. The zero-order valence-corrected chi connectivity index (χ0v) is 10.2. The summed E-state index contributed by atoms with van der Waals surface area (Å²) in [4.78, 5) is 12.0. The number of hydrogen-bond donors (Lipinski definition) is 2. The summed E-state index contributed by atoms with van der Waals surface area (Å²) < 4.78 is 0. The Morgan fingerprint density at radius 1 is 1.41 bits per heavy atom. The van der Waals surface area contributed by atoms with E-state index < -0.39 is 0 Å². The second kappa shape index (κ2) is 5.32. The fraction of sp³-hybridized carbons (Fsp3) is 0.500. The predicted octanol–water partition coefficient (Wildman–Crippen LogP) is 1.68. The van der Waals surface area contributed by atoms with Gasteiger partial charge in [0.25, 0.3) is 5.91 Å². The standard InChI is InChI=1S/C14H19NO2/c1-2-13(9-16)15-14(17)12-7-6-10-4-3-5-11(10)8-12/h6-8,13,16H,2-5,9H2,1H3,(H,15,17)/t13-/m0/s1. The minimum absolute atomic E-state index is 0.00677. The van der Waals surface area contributed by atoms with E-state index in [0.717, 1.165) is 19.3 Å². The van der Waals surface area contributed by atoms with E-state index in [9.17, 15) is 4.79 Å². The number of carbonyl (C=O) groups excluding carboxylic acids is 1. The first-order valence-corrected chi connectivity index (χ1v) is 6.28. The lowest BCUT2D eigenvalue weighted by Gasteiger charge is -2.14. The van der Waals surface area contributed by atoms with Crippen LogP contribution in [0.25, 0.3) is 0 Å². The van der Waals surface area contributed by atoms with E-state index in [1.54, 1.807) is 0 Å². The summed E-state index contributed by atoms with van der Waals surface area (Å²) in [5, 5.41) is 11.9. The van der Waals surface area contributed by atoms with Gasteiger partial charge in [-0.25, -0.2) is 0 Å². The van der Waals surface area contributed by atoms with Gasteiger partial charge in [-0.2, -0.15) is 0 Å². The largest absolute Gasteiger partial charge is 0.394 e. The lowest BCUT2D eigenvalue weighted by Crippen LogP contribution is -2.36. The molecule has 0 radical (unpaired) electrons. The molecule has 1 aliphatic rings. The van der Waals surface area contributed by atoms with Crippen molar-refractivity contribution in [1.29, 1.82) is 0 Å². The lowest BCUT2D eigenvalue weighted by molar-refractivity contribution is 0.0915. The van der Waals surface area contributed by atoms with Crippen molar-refractivity contribution in [3.8, 4) is 0 Å². The third kappa shape index (κ3) is 2.67. The molecule has 0 aromatic heterocycles. The average Bonchev–Trinajstić information content (AvgIpc) is 2.82. The first-order valence-electron chi connectivity index (χ1n) is 6.28. The molecular formula is C14H19NO2. The molecule has 0 saturated carbocycles. The highest BCUT2D eigenvalue weighted by Crippen LogP contribution is 2.22. The molecule has 0 aliphatic heterocycles. The van der Waals surface area contributed by atoms with E-state index in [0.29, 0.717) is 5.56 Å². The first kappa shape index (κ1) is 12.1. The number of hydrogen-bond acceptors (Lipinski definition) is 2. The Hall–Kier alpha value is -1.35. The Labute approximate surface area is 102 Å². The van der Waals surface area contributed by atoms with Crippen molar-refractivity contribution in [3.63, 3.8) is 0 Å². The number of fused-ring (bicyclic) bond motifs is 1. The molecule has 3 heteroatoms. The van der Waals surface area contributed by atoms with Crippen LogP contribution in [0.4, 0.5) is 0 Å². The Morgan fingerprint density at radius 2 is 2.18 bits per heavy atom. The summed E-state index contributed by atoms with van der Waals surface area (Å²) in [5.41, 5.74) is 3.38. The lowest BCUT2D eigenvalue weighted by atomic mass is 10.1. The summed E-state index contributed by atoms with van der Waals surface area (Å²) in [5.74, 6) is -0.0828. The topological polar surface area (TPSA) is 49.3 Å². The van der Waals surface area contributed by atoms with E-state index in [1.807, 2.05) is 19.1 Å². The molecular weight excluding hydrogens is 214 g/mol. The van der Waals surface area contributed by atoms with Crippen molar-refractivity contribution in [2.24, 2.45) is 0 Å². The molecule has 1 aliphatic carbocycles. The maximum absolute atomic E-state index is 12.0. The molecule has 0 heterocycles. The monoisotopic (exact) mass is 233 g/mol. The number of carbonyl (C=O) groups is 1. The molecule has 0 unspecified atom stereocenters. The quantitative estimate of drug-likeness (QED) is 0.831. The Kier molecular flexibility index (Phi) is 3.79. The molecule has 3 nitrogen and oxygen atoms in total. The molecule has 0 saturated heterocycles. The van der Waals surface area contributed by atoms with Gasteiger partial charge < -0.3 is 10.4 Å². The molecule has 0 bridgehead atoms. The van der Waals surface area contributed by atoms with Gasteiger partial charge in [0.1, 0.15) is 0 Å². The van der Waals surface area contributed by atoms with Crippen LogP contribution in [0.15, 0.2) is 18.2 Å².